The van der Waals surface area contributed by atoms with Gasteiger partial charge >= 0.3 is 0 Å². The summed E-state index contributed by atoms with van der Waals surface area (Å²) in [7, 11) is -3.44. The van der Waals surface area contributed by atoms with Gasteiger partial charge in [-0.2, -0.15) is 0 Å². The maximum Gasteiger partial charge on any atom is 0.233 e. The molecule has 4 nitrogen and oxygen atoms in total. The first-order valence-corrected chi connectivity index (χ1v) is 7.64. The molecule has 0 bridgehead atoms. The van der Waals surface area contributed by atoms with E-state index in [0.717, 1.165) is 19.0 Å². The van der Waals surface area contributed by atoms with Crippen LogP contribution in [0.5, 0.6) is 0 Å². The first-order chi connectivity index (χ1) is 8.44. The molecule has 0 heterocycles. The van der Waals surface area contributed by atoms with Crippen molar-refractivity contribution in [2.75, 3.05) is 23.6 Å². The summed E-state index contributed by atoms with van der Waals surface area (Å²) < 4.78 is 38.6. The molecule has 1 aromatic rings. The van der Waals surface area contributed by atoms with E-state index in [2.05, 4.69) is 10.0 Å². The van der Waals surface area contributed by atoms with Crippen molar-refractivity contribution in [3.8, 4) is 0 Å². The molecule has 0 fully saturated rings. The summed E-state index contributed by atoms with van der Waals surface area (Å²) in [6.07, 6.45) is 0.945. The highest BCUT2D eigenvalue weighted by Gasteiger charge is 2.10. The fraction of sp³-hybridized carbons (Fsp3) is 0.455. The molecule has 0 saturated heterocycles. The average Bonchev–Trinajstić information content (AvgIpc) is 2.29. The second-order valence-corrected chi connectivity index (χ2v) is 6.05. The predicted molar refractivity (Wildman–Crippen MR) is 72.0 cm³/mol. The molecule has 7 heteroatoms. The summed E-state index contributed by atoms with van der Waals surface area (Å²) in [5.74, 6) is -0.619. The Bertz CT molecular complexity index is 494. The van der Waals surface area contributed by atoms with Crippen molar-refractivity contribution in [1.29, 1.82) is 0 Å². The van der Waals surface area contributed by atoms with Crippen LogP contribution in [-0.4, -0.2) is 27.3 Å². The Kier molecular flexibility index (Phi) is 5.84. The first-order valence-electron chi connectivity index (χ1n) is 5.61. The molecular formula is C11H16ClFN2O2S. The molecule has 1 rings (SSSR count). The van der Waals surface area contributed by atoms with Gasteiger partial charge in [0.05, 0.1) is 16.5 Å². The van der Waals surface area contributed by atoms with Crippen molar-refractivity contribution in [2.45, 2.75) is 13.3 Å². The molecule has 0 aliphatic carbocycles. The number of halogens is 2. The number of hydrogen-bond acceptors (Lipinski definition) is 3. The third-order valence-electron chi connectivity index (χ3n) is 2.17. The Morgan fingerprint density at radius 2 is 2.06 bits per heavy atom. The Morgan fingerprint density at radius 3 is 2.67 bits per heavy atom. The normalized spacial score (nSPS) is 11.5. The maximum atomic E-state index is 12.9. The zero-order valence-electron chi connectivity index (χ0n) is 10.0. The molecule has 0 unspecified atom stereocenters. The lowest BCUT2D eigenvalue weighted by Crippen LogP contribution is -2.27. The van der Waals surface area contributed by atoms with E-state index < -0.39 is 15.8 Å². The lowest BCUT2D eigenvalue weighted by molar-refractivity contribution is 0.595. The monoisotopic (exact) mass is 294 g/mol. The van der Waals surface area contributed by atoms with Gasteiger partial charge in [0.15, 0.2) is 0 Å². The molecule has 0 saturated carbocycles. The van der Waals surface area contributed by atoms with Crippen molar-refractivity contribution in [3.63, 3.8) is 0 Å². The van der Waals surface area contributed by atoms with E-state index in [1.165, 1.54) is 12.1 Å². The Morgan fingerprint density at radius 1 is 1.33 bits per heavy atom. The van der Waals surface area contributed by atoms with Crippen LogP contribution < -0.4 is 10.0 Å². The SMILES string of the molecule is CCCNCCS(=O)(=O)Nc1ccc(F)c(Cl)c1. The van der Waals surface area contributed by atoms with E-state index in [0.29, 0.717) is 6.54 Å². The zero-order valence-corrected chi connectivity index (χ0v) is 11.6. The molecule has 0 atom stereocenters. The quantitative estimate of drug-likeness (QED) is 0.758. The predicted octanol–water partition coefficient (Wildman–Crippen LogP) is 2.22. The molecule has 102 valence electrons. The van der Waals surface area contributed by atoms with Gasteiger partial charge in [-0.05, 0) is 31.2 Å². The molecule has 18 heavy (non-hydrogen) atoms. The van der Waals surface area contributed by atoms with Crippen LogP contribution in [0.2, 0.25) is 5.02 Å². The second kappa shape index (κ2) is 6.92. The van der Waals surface area contributed by atoms with Gasteiger partial charge in [0, 0.05) is 6.54 Å². The molecule has 0 aliphatic rings. The number of sulfonamides is 1. The average molecular weight is 295 g/mol. The van der Waals surface area contributed by atoms with Crippen LogP contribution in [0.15, 0.2) is 18.2 Å². The number of hydrogen-bond donors (Lipinski definition) is 2. The maximum absolute atomic E-state index is 12.9. The lowest BCUT2D eigenvalue weighted by atomic mass is 10.3. The van der Waals surface area contributed by atoms with Gasteiger partial charge < -0.3 is 5.32 Å². The highest BCUT2D eigenvalue weighted by Crippen LogP contribution is 2.20. The summed E-state index contributed by atoms with van der Waals surface area (Å²) in [5.41, 5.74) is 0.261. The summed E-state index contributed by atoms with van der Waals surface area (Å²) >= 11 is 5.57. The van der Waals surface area contributed by atoms with Crippen LogP contribution in [0.1, 0.15) is 13.3 Å². The highest BCUT2D eigenvalue weighted by atomic mass is 35.5. The minimum Gasteiger partial charge on any atom is -0.316 e. The van der Waals surface area contributed by atoms with E-state index in [1.807, 2.05) is 6.92 Å². The van der Waals surface area contributed by atoms with Crippen molar-refractivity contribution in [2.24, 2.45) is 0 Å². The Hall–Kier alpha value is -0.850. The van der Waals surface area contributed by atoms with Crippen LogP contribution in [0.25, 0.3) is 0 Å². The minimum absolute atomic E-state index is 0.0397. The van der Waals surface area contributed by atoms with Crippen LogP contribution in [0.4, 0.5) is 10.1 Å². The van der Waals surface area contributed by atoms with Crippen molar-refractivity contribution in [3.05, 3.63) is 29.0 Å². The van der Waals surface area contributed by atoms with Gasteiger partial charge in [-0.25, -0.2) is 12.8 Å². The van der Waals surface area contributed by atoms with Crippen molar-refractivity contribution >= 4 is 27.3 Å². The highest BCUT2D eigenvalue weighted by molar-refractivity contribution is 7.92. The van der Waals surface area contributed by atoms with E-state index in [9.17, 15) is 12.8 Å². The molecular weight excluding hydrogens is 279 g/mol. The smallest absolute Gasteiger partial charge is 0.233 e. The number of rotatable bonds is 7. The van der Waals surface area contributed by atoms with E-state index in [-0.39, 0.29) is 16.5 Å². The van der Waals surface area contributed by atoms with Gasteiger partial charge in [-0.1, -0.05) is 18.5 Å². The standard InChI is InChI=1S/C11H16ClFN2O2S/c1-2-5-14-6-7-18(16,17)15-9-3-4-11(13)10(12)8-9/h3-4,8,14-15H,2,5-7H2,1H3. The van der Waals surface area contributed by atoms with Crippen LogP contribution in [-0.2, 0) is 10.0 Å². The van der Waals surface area contributed by atoms with Crippen LogP contribution in [0.3, 0.4) is 0 Å². The zero-order chi connectivity index (χ0) is 13.6. The van der Waals surface area contributed by atoms with E-state index >= 15 is 0 Å². The minimum atomic E-state index is -3.44. The lowest BCUT2D eigenvalue weighted by Gasteiger charge is -2.09. The molecule has 1 aromatic carbocycles. The number of benzene rings is 1. The topological polar surface area (TPSA) is 58.2 Å². The van der Waals surface area contributed by atoms with E-state index in [1.54, 1.807) is 0 Å². The molecule has 2 N–H and O–H groups in total. The van der Waals surface area contributed by atoms with Crippen molar-refractivity contribution in [1.82, 2.24) is 5.32 Å². The molecule has 0 spiro atoms. The fourth-order valence-electron chi connectivity index (χ4n) is 1.30. The molecule has 0 aliphatic heterocycles. The second-order valence-electron chi connectivity index (χ2n) is 3.80. The summed E-state index contributed by atoms with van der Waals surface area (Å²) in [5, 5.41) is 2.88. The number of anilines is 1. The van der Waals surface area contributed by atoms with Crippen molar-refractivity contribution < 1.29 is 12.8 Å². The van der Waals surface area contributed by atoms with Crippen LogP contribution >= 0.6 is 11.6 Å². The summed E-state index contributed by atoms with van der Waals surface area (Å²) in [6, 6.07) is 3.70. The molecule has 0 aromatic heterocycles. The molecule has 0 amide bonds. The van der Waals surface area contributed by atoms with Gasteiger partial charge in [-0.3, -0.25) is 4.72 Å². The van der Waals surface area contributed by atoms with Gasteiger partial charge in [0.1, 0.15) is 5.82 Å². The van der Waals surface area contributed by atoms with Gasteiger partial charge in [-0.15, -0.1) is 0 Å². The third-order valence-corrected chi connectivity index (χ3v) is 3.75. The summed E-state index contributed by atoms with van der Waals surface area (Å²) in [6.45, 7) is 3.15. The first kappa shape index (κ1) is 15.2. The van der Waals surface area contributed by atoms with E-state index in [4.69, 9.17) is 11.6 Å². The molecule has 0 radical (unpaired) electrons. The Labute approximate surface area is 112 Å². The van der Waals surface area contributed by atoms with Crippen LogP contribution in [0, 0.1) is 5.82 Å². The number of nitrogens with one attached hydrogen (secondary N) is 2. The van der Waals surface area contributed by atoms with Gasteiger partial charge in [0.25, 0.3) is 0 Å². The Balaban J connectivity index is 2.56. The summed E-state index contributed by atoms with van der Waals surface area (Å²) in [4.78, 5) is 0. The van der Waals surface area contributed by atoms with Gasteiger partial charge in [0.2, 0.25) is 10.0 Å². The third kappa shape index (κ3) is 5.20. The largest absolute Gasteiger partial charge is 0.316 e. The fourth-order valence-corrected chi connectivity index (χ4v) is 2.48.